The lowest BCUT2D eigenvalue weighted by atomic mass is 10.1. The van der Waals surface area contributed by atoms with E-state index in [1.807, 2.05) is 6.26 Å². The van der Waals surface area contributed by atoms with Crippen LogP contribution in [0.3, 0.4) is 0 Å². The quantitative estimate of drug-likeness (QED) is 0.664. The van der Waals surface area contributed by atoms with Crippen LogP contribution in [0.4, 0.5) is 11.8 Å². The fourth-order valence-corrected chi connectivity index (χ4v) is 3.87. The number of piperidine rings is 1. The highest BCUT2D eigenvalue weighted by atomic mass is 32.2. The molecule has 2 fully saturated rings. The third kappa shape index (κ3) is 3.00. The van der Waals surface area contributed by atoms with Crippen LogP contribution in [-0.2, 0) is 0 Å². The van der Waals surface area contributed by atoms with Crippen molar-refractivity contribution in [2.45, 2.75) is 24.3 Å². The van der Waals surface area contributed by atoms with Crippen LogP contribution in [0.5, 0.6) is 0 Å². The number of anilines is 2. The molecule has 0 unspecified atom stereocenters. The zero-order valence-electron chi connectivity index (χ0n) is 14.0. The number of hydrogen-bond donors (Lipinski definition) is 1. The second-order valence-corrected chi connectivity index (χ2v) is 7.01. The minimum Gasteiger partial charge on any atom is -0.355 e. The number of aromatic nitrogens is 4. The first kappa shape index (κ1) is 15.8. The Labute approximate surface area is 146 Å². The molecule has 2 saturated heterocycles. The molecule has 0 aliphatic carbocycles. The van der Waals surface area contributed by atoms with Crippen molar-refractivity contribution in [3.63, 3.8) is 0 Å². The lowest BCUT2D eigenvalue weighted by Crippen LogP contribution is -2.44. The Morgan fingerprint density at radius 2 is 1.71 bits per heavy atom. The predicted molar refractivity (Wildman–Crippen MR) is 98.1 cm³/mol. The largest absolute Gasteiger partial charge is 0.355 e. The molecule has 0 amide bonds. The molecule has 24 heavy (non-hydrogen) atoms. The van der Waals surface area contributed by atoms with Gasteiger partial charge in [-0.3, -0.25) is 0 Å². The summed E-state index contributed by atoms with van der Waals surface area (Å²) in [5.41, 5.74) is 1.77. The Bertz CT molecular complexity index is 711. The Balaban J connectivity index is 1.84. The van der Waals surface area contributed by atoms with E-state index in [2.05, 4.69) is 25.1 Å². The van der Waals surface area contributed by atoms with Crippen LogP contribution in [0.25, 0.3) is 11.0 Å². The summed E-state index contributed by atoms with van der Waals surface area (Å²) >= 11 is 1.62. The number of nitrogens with zero attached hydrogens (tertiary/aromatic N) is 6. The summed E-state index contributed by atoms with van der Waals surface area (Å²) in [6.07, 6.45) is 7.41. The van der Waals surface area contributed by atoms with Crippen LogP contribution < -0.4 is 15.1 Å². The van der Waals surface area contributed by atoms with Crippen LogP contribution >= 0.6 is 11.8 Å². The smallest absolute Gasteiger partial charge is 0.228 e. The lowest BCUT2D eigenvalue weighted by molar-refractivity contribution is 0.568. The second-order valence-electron chi connectivity index (χ2n) is 6.21. The molecule has 2 aromatic rings. The Kier molecular flexibility index (Phi) is 4.66. The van der Waals surface area contributed by atoms with Crippen molar-refractivity contribution < 1.29 is 0 Å². The molecular formula is C16H23N7S. The van der Waals surface area contributed by atoms with Crippen LogP contribution in [0.2, 0.25) is 0 Å². The van der Waals surface area contributed by atoms with Gasteiger partial charge < -0.3 is 15.1 Å². The van der Waals surface area contributed by atoms with E-state index in [1.165, 1.54) is 19.3 Å². The standard InChI is InChI=1S/C16H23N7S/c1-24-15-13-12(18-11-19-15)14(22-7-3-2-4-8-22)21-16(20-13)23-9-5-17-6-10-23/h11,17H,2-10H2,1H3. The predicted octanol–water partition coefficient (Wildman–Crippen LogP) is 1.54. The molecule has 2 aliphatic heterocycles. The maximum absolute atomic E-state index is 4.94. The van der Waals surface area contributed by atoms with Crippen molar-refractivity contribution in [1.82, 2.24) is 25.3 Å². The molecule has 8 heteroatoms. The number of fused-ring (bicyclic) bond motifs is 1. The number of thioether (sulfide) groups is 1. The zero-order chi connectivity index (χ0) is 16.4. The molecule has 1 N–H and O–H groups in total. The topological polar surface area (TPSA) is 70.1 Å². The fourth-order valence-electron chi connectivity index (χ4n) is 3.38. The van der Waals surface area contributed by atoms with E-state index >= 15 is 0 Å². The highest BCUT2D eigenvalue weighted by Gasteiger charge is 2.22. The van der Waals surface area contributed by atoms with Crippen LogP contribution in [0.1, 0.15) is 19.3 Å². The average Bonchev–Trinajstić information content (AvgIpc) is 2.68. The molecule has 0 radical (unpaired) electrons. The van der Waals surface area contributed by atoms with E-state index in [1.54, 1.807) is 18.1 Å². The lowest BCUT2D eigenvalue weighted by Gasteiger charge is -2.31. The molecular weight excluding hydrogens is 322 g/mol. The molecule has 128 valence electrons. The SMILES string of the molecule is CSc1ncnc2c(N3CCCCC3)nc(N3CCNCC3)nc12. The van der Waals surface area contributed by atoms with E-state index in [0.717, 1.165) is 67.1 Å². The maximum Gasteiger partial charge on any atom is 0.228 e. The monoisotopic (exact) mass is 345 g/mol. The average molecular weight is 345 g/mol. The van der Waals surface area contributed by atoms with Gasteiger partial charge in [-0.25, -0.2) is 15.0 Å². The van der Waals surface area contributed by atoms with Gasteiger partial charge in [0.2, 0.25) is 5.95 Å². The summed E-state index contributed by atoms with van der Waals surface area (Å²) in [6.45, 7) is 5.92. The number of nitrogens with one attached hydrogen (secondary N) is 1. The van der Waals surface area contributed by atoms with Crippen LogP contribution in [-0.4, -0.2) is 65.5 Å². The summed E-state index contributed by atoms with van der Waals surface area (Å²) in [5.74, 6) is 1.79. The first-order chi connectivity index (χ1) is 11.9. The van der Waals surface area contributed by atoms with Gasteiger partial charge in [-0.1, -0.05) is 0 Å². The Morgan fingerprint density at radius 3 is 2.46 bits per heavy atom. The van der Waals surface area contributed by atoms with Gasteiger partial charge in [0.15, 0.2) is 5.82 Å². The number of rotatable bonds is 3. The molecule has 7 nitrogen and oxygen atoms in total. The normalized spacial score (nSPS) is 19.0. The van der Waals surface area contributed by atoms with Crippen molar-refractivity contribution in [3.8, 4) is 0 Å². The third-order valence-electron chi connectivity index (χ3n) is 4.67. The van der Waals surface area contributed by atoms with Gasteiger partial charge in [0.25, 0.3) is 0 Å². The molecule has 0 atom stereocenters. The highest BCUT2D eigenvalue weighted by Crippen LogP contribution is 2.30. The molecule has 2 aliphatic rings. The van der Waals surface area contributed by atoms with Gasteiger partial charge in [-0.2, -0.15) is 4.98 Å². The molecule has 0 bridgehead atoms. The van der Waals surface area contributed by atoms with E-state index in [0.29, 0.717) is 0 Å². The van der Waals surface area contributed by atoms with Crippen molar-refractivity contribution in [2.24, 2.45) is 0 Å². The van der Waals surface area contributed by atoms with E-state index in [9.17, 15) is 0 Å². The minimum absolute atomic E-state index is 0.815. The second kappa shape index (κ2) is 7.06. The van der Waals surface area contributed by atoms with E-state index < -0.39 is 0 Å². The molecule has 4 heterocycles. The molecule has 4 rings (SSSR count). The summed E-state index contributed by atoms with van der Waals surface area (Å²) in [5, 5.41) is 4.31. The van der Waals surface area contributed by atoms with E-state index in [4.69, 9.17) is 9.97 Å². The highest BCUT2D eigenvalue weighted by molar-refractivity contribution is 7.98. The Morgan fingerprint density at radius 1 is 0.917 bits per heavy atom. The van der Waals surface area contributed by atoms with Gasteiger partial charge in [0, 0.05) is 39.3 Å². The Hall–Kier alpha value is -1.67. The maximum atomic E-state index is 4.94. The minimum atomic E-state index is 0.815. The molecule has 2 aromatic heterocycles. The van der Waals surface area contributed by atoms with Crippen LogP contribution in [0.15, 0.2) is 11.4 Å². The summed E-state index contributed by atoms with van der Waals surface area (Å²) in [6, 6.07) is 0. The summed E-state index contributed by atoms with van der Waals surface area (Å²) in [4.78, 5) is 23.4. The van der Waals surface area contributed by atoms with Gasteiger partial charge in [-0.15, -0.1) is 11.8 Å². The van der Waals surface area contributed by atoms with Crippen LogP contribution in [0, 0.1) is 0 Å². The van der Waals surface area contributed by atoms with Gasteiger partial charge in [0.05, 0.1) is 0 Å². The first-order valence-electron chi connectivity index (χ1n) is 8.64. The van der Waals surface area contributed by atoms with Crippen molar-refractivity contribution in [3.05, 3.63) is 6.33 Å². The molecule has 0 saturated carbocycles. The first-order valence-corrected chi connectivity index (χ1v) is 9.86. The third-order valence-corrected chi connectivity index (χ3v) is 5.35. The summed E-state index contributed by atoms with van der Waals surface area (Å²) in [7, 11) is 0. The molecule has 0 aromatic carbocycles. The zero-order valence-corrected chi connectivity index (χ0v) is 14.8. The summed E-state index contributed by atoms with van der Waals surface area (Å²) < 4.78 is 0. The van der Waals surface area contributed by atoms with Gasteiger partial charge >= 0.3 is 0 Å². The van der Waals surface area contributed by atoms with Gasteiger partial charge in [0.1, 0.15) is 22.4 Å². The van der Waals surface area contributed by atoms with Crippen molar-refractivity contribution >= 4 is 34.6 Å². The van der Waals surface area contributed by atoms with Gasteiger partial charge in [-0.05, 0) is 25.5 Å². The van der Waals surface area contributed by atoms with Crippen molar-refractivity contribution in [2.75, 3.05) is 55.3 Å². The number of piperazine rings is 1. The fraction of sp³-hybridized carbons (Fsp3) is 0.625. The van der Waals surface area contributed by atoms with E-state index in [-0.39, 0.29) is 0 Å². The number of hydrogen-bond acceptors (Lipinski definition) is 8. The van der Waals surface area contributed by atoms with Crippen molar-refractivity contribution in [1.29, 1.82) is 0 Å². The molecule has 0 spiro atoms.